The average Bonchev–Trinajstić information content (AvgIpc) is 2.93. The molecule has 0 fully saturated rings. The molecule has 5 nitrogen and oxygen atoms in total. The van der Waals surface area contributed by atoms with Gasteiger partial charge in [-0.15, -0.1) is 11.3 Å². The number of hydrogen-bond donors (Lipinski definition) is 1. The fourth-order valence-electron chi connectivity index (χ4n) is 2.28. The third kappa shape index (κ3) is 4.39. The molecule has 0 unspecified atom stereocenters. The first kappa shape index (κ1) is 17.1. The van der Waals surface area contributed by atoms with Gasteiger partial charge in [-0.25, -0.2) is 4.98 Å². The lowest BCUT2D eigenvalue weighted by molar-refractivity contribution is -0.137. The van der Waals surface area contributed by atoms with Gasteiger partial charge in [0.15, 0.2) is 0 Å². The molecule has 0 saturated heterocycles. The summed E-state index contributed by atoms with van der Waals surface area (Å²) in [5.41, 5.74) is 2.29. The first-order chi connectivity index (χ1) is 10.9. The van der Waals surface area contributed by atoms with Gasteiger partial charge in [-0.2, -0.15) is 0 Å². The Kier molecular flexibility index (Phi) is 5.50. The summed E-state index contributed by atoms with van der Waals surface area (Å²) in [6, 6.07) is 7.25. The molecule has 1 N–H and O–H groups in total. The number of hydrogen-bond acceptors (Lipinski definition) is 4. The van der Waals surface area contributed by atoms with E-state index in [-0.39, 0.29) is 24.9 Å². The van der Waals surface area contributed by atoms with Gasteiger partial charge in [-0.1, -0.05) is 12.1 Å². The lowest BCUT2D eigenvalue weighted by atomic mass is 10.1. The van der Waals surface area contributed by atoms with Gasteiger partial charge in [-0.3, -0.25) is 9.59 Å². The number of aryl methyl sites for hydroxylation is 1. The van der Waals surface area contributed by atoms with Crippen molar-refractivity contribution >= 4 is 23.2 Å². The van der Waals surface area contributed by atoms with Crippen LogP contribution in [0.5, 0.6) is 0 Å². The van der Waals surface area contributed by atoms with Crippen LogP contribution in [0.2, 0.25) is 0 Å². The van der Waals surface area contributed by atoms with Gasteiger partial charge in [0, 0.05) is 29.1 Å². The number of carbonyl (C=O) groups excluding carboxylic acids is 1. The van der Waals surface area contributed by atoms with Crippen molar-refractivity contribution in [3.05, 3.63) is 40.2 Å². The Balaban J connectivity index is 2.25. The van der Waals surface area contributed by atoms with Gasteiger partial charge in [-0.05, 0) is 32.9 Å². The van der Waals surface area contributed by atoms with Crippen LogP contribution >= 0.6 is 11.3 Å². The summed E-state index contributed by atoms with van der Waals surface area (Å²) in [7, 11) is 0. The Labute approximate surface area is 139 Å². The van der Waals surface area contributed by atoms with Crippen LogP contribution in [0.3, 0.4) is 0 Å². The first-order valence-electron chi connectivity index (χ1n) is 7.44. The number of thiazole rings is 1. The Morgan fingerprint density at radius 1 is 1.35 bits per heavy atom. The van der Waals surface area contributed by atoms with E-state index >= 15 is 0 Å². The Morgan fingerprint density at radius 2 is 2.09 bits per heavy atom. The molecule has 1 amide bonds. The summed E-state index contributed by atoms with van der Waals surface area (Å²) in [6.45, 7) is 5.90. The number of rotatable bonds is 6. The molecule has 6 heteroatoms. The third-order valence-corrected chi connectivity index (χ3v) is 4.25. The SMILES string of the molecule is Cc1nc(-c2cccc(C(=O)N(CCC(=O)O)C(C)C)c2)cs1. The van der Waals surface area contributed by atoms with Crippen LogP contribution in [0, 0.1) is 6.92 Å². The highest BCUT2D eigenvalue weighted by atomic mass is 32.1. The second kappa shape index (κ2) is 7.37. The van der Waals surface area contributed by atoms with Gasteiger partial charge in [0.2, 0.25) is 0 Å². The molecule has 0 aliphatic rings. The molecule has 23 heavy (non-hydrogen) atoms. The molecule has 0 aliphatic carbocycles. The molecule has 2 rings (SSSR count). The number of benzene rings is 1. The molecule has 0 bridgehead atoms. The zero-order chi connectivity index (χ0) is 17.0. The van der Waals surface area contributed by atoms with Gasteiger partial charge in [0.25, 0.3) is 5.91 Å². The molecule has 0 aliphatic heterocycles. The summed E-state index contributed by atoms with van der Waals surface area (Å²) in [4.78, 5) is 29.5. The lowest BCUT2D eigenvalue weighted by Gasteiger charge is -2.26. The molecule has 0 spiro atoms. The van der Waals surface area contributed by atoms with Crippen LogP contribution in [-0.2, 0) is 4.79 Å². The van der Waals surface area contributed by atoms with E-state index in [9.17, 15) is 9.59 Å². The minimum Gasteiger partial charge on any atom is -0.481 e. The summed E-state index contributed by atoms with van der Waals surface area (Å²) < 4.78 is 0. The zero-order valence-electron chi connectivity index (χ0n) is 13.4. The highest BCUT2D eigenvalue weighted by Crippen LogP contribution is 2.23. The van der Waals surface area contributed by atoms with Crippen LogP contribution in [0.25, 0.3) is 11.3 Å². The standard InChI is InChI=1S/C17H20N2O3S/c1-11(2)19(8-7-16(20)21)17(22)14-6-4-5-13(9-14)15-10-23-12(3)18-15/h4-6,9-11H,7-8H2,1-3H3,(H,20,21). The highest BCUT2D eigenvalue weighted by molar-refractivity contribution is 7.09. The van der Waals surface area contributed by atoms with Crippen LogP contribution in [-0.4, -0.2) is 39.5 Å². The molecule has 122 valence electrons. The molecule has 1 aromatic heterocycles. The van der Waals surface area contributed by atoms with Gasteiger partial charge < -0.3 is 10.0 Å². The van der Waals surface area contributed by atoms with Crippen molar-refractivity contribution in [3.8, 4) is 11.3 Å². The van der Waals surface area contributed by atoms with E-state index in [0.29, 0.717) is 5.56 Å². The van der Waals surface area contributed by atoms with E-state index in [2.05, 4.69) is 4.98 Å². The number of carbonyl (C=O) groups is 2. The van der Waals surface area contributed by atoms with Crippen molar-refractivity contribution in [2.45, 2.75) is 33.2 Å². The first-order valence-corrected chi connectivity index (χ1v) is 8.31. The van der Waals surface area contributed by atoms with E-state index in [0.717, 1.165) is 16.3 Å². The topological polar surface area (TPSA) is 70.5 Å². The lowest BCUT2D eigenvalue weighted by Crippen LogP contribution is -2.38. The molecule has 2 aromatic rings. The Hall–Kier alpha value is -2.21. The maximum atomic E-state index is 12.7. The predicted octanol–water partition coefficient (Wildman–Crippen LogP) is 3.44. The monoisotopic (exact) mass is 332 g/mol. The van der Waals surface area contributed by atoms with Crippen molar-refractivity contribution < 1.29 is 14.7 Å². The van der Waals surface area contributed by atoms with Gasteiger partial charge in [0.05, 0.1) is 17.1 Å². The molecule has 0 atom stereocenters. The maximum Gasteiger partial charge on any atom is 0.305 e. The number of amides is 1. The fourth-order valence-corrected chi connectivity index (χ4v) is 2.91. The van der Waals surface area contributed by atoms with Crippen molar-refractivity contribution in [3.63, 3.8) is 0 Å². The molecule has 1 aromatic carbocycles. The highest BCUT2D eigenvalue weighted by Gasteiger charge is 2.20. The minimum atomic E-state index is -0.907. The fraction of sp³-hybridized carbons (Fsp3) is 0.353. The largest absolute Gasteiger partial charge is 0.481 e. The number of aromatic nitrogens is 1. The van der Waals surface area contributed by atoms with Gasteiger partial charge >= 0.3 is 5.97 Å². The van der Waals surface area contributed by atoms with Crippen molar-refractivity contribution in [1.29, 1.82) is 0 Å². The minimum absolute atomic E-state index is 0.0606. The van der Waals surface area contributed by atoms with Crippen LogP contribution < -0.4 is 0 Å². The number of nitrogens with zero attached hydrogens (tertiary/aromatic N) is 2. The summed E-state index contributed by atoms with van der Waals surface area (Å²) in [5, 5.41) is 11.8. The third-order valence-electron chi connectivity index (χ3n) is 3.48. The van der Waals surface area contributed by atoms with Crippen molar-refractivity contribution in [1.82, 2.24) is 9.88 Å². The average molecular weight is 332 g/mol. The maximum absolute atomic E-state index is 12.7. The van der Waals surface area contributed by atoms with Crippen LogP contribution in [0.15, 0.2) is 29.6 Å². The van der Waals surface area contributed by atoms with Crippen LogP contribution in [0.1, 0.15) is 35.6 Å². The predicted molar refractivity (Wildman–Crippen MR) is 90.7 cm³/mol. The van der Waals surface area contributed by atoms with Gasteiger partial charge in [0.1, 0.15) is 0 Å². The zero-order valence-corrected chi connectivity index (χ0v) is 14.3. The number of aliphatic carboxylic acids is 1. The normalized spacial score (nSPS) is 10.8. The molecular weight excluding hydrogens is 312 g/mol. The second-order valence-electron chi connectivity index (χ2n) is 5.57. The van der Waals surface area contributed by atoms with Crippen molar-refractivity contribution in [2.24, 2.45) is 0 Å². The molecule has 1 heterocycles. The van der Waals surface area contributed by atoms with Crippen molar-refractivity contribution in [2.75, 3.05) is 6.54 Å². The van der Waals surface area contributed by atoms with Crippen LogP contribution in [0.4, 0.5) is 0 Å². The molecular formula is C17H20N2O3S. The Morgan fingerprint density at radius 3 is 2.65 bits per heavy atom. The summed E-state index contributed by atoms with van der Waals surface area (Å²) in [5.74, 6) is -1.06. The summed E-state index contributed by atoms with van der Waals surface area (Å²) in [6.07, 6.45) is -0.0606. The van der Waals surface area contributed by atoms with E-state index in [1.165, 1.54) is 0 Å². The summed E-state index contributed by atoms with van der Waals surface area (Å²) >= 11 is 1.56. The molecule has 0 saturated carbocycles. The molecule has 0 radical (unpaired) electrons. The van der Waals surface area contributed by atoms with E-state index < -0.39 is 5.97 Å². The smallest absolute Gasteiger partial charge is 0.305 e. The quantitative estimate of drug-likeness (QED) is 0.879. The van der Waals surface area contributed by atoms with E-state index in [4.69, 9.17) is 5.11 Å². The van der Waals surface area contributed by atoms with E-state index in [1.807, 2.05) is 44.4 Å². The van der Waals surface area contributed by atoms with E-state index in [1.54, 1.807) is 22.3 Å². The second-order valence-corrected chi connectivity index (χ2v) is 6.63. The number of carboxylic acid groups (broad SMARTS) is 1. The number of carboxylic acids is 1. The Bertz CT molecular complexity index is 709.